The summed E-state index contributed by atoms with van der Waals surface area (Å²) in [4.78, 5) is 11.4. The minimum atomic E-state index is -0.194. The van der Waals surface area contributed by atoms with Crippen LogP contribution in [0, 0.1) is 0 Å². The van der Waals surface area contributed by atoms with Crippen molar-refractivity contribution in [1.82, 2.24) is 4.90 Å². The molecule has 1 aliphatic heterocycles. The SMILES string of the molecule is CC(=Nc1ccc(N(C)C)cc1)c1ccc(N2CCN(C([S-])[S-])CC2)cc1.[Au]. The van der Waals surface area contributed by atoms with Gasteiger partial charge in [0.25, 0.3) is 0 Å². The average molecular weight is 596 g/mol. The predicted octanol–water partition coefficient (Wildman–Crippen LogP) is 3.39. The van der Waals surface area contributed by atoms with Gasteiger partial charge in [0.1, 0.15) is 0 Å². The topological polar surface area (TPSA) is 22.1 Å². The molecule has 1 heterocycles. The fourth-order valence-corrected chi connectivity index (χ4v) is 3.61. The van der Waals surface area contributed by atoms with Gasteiger partial charge in [-0.15, -0.1) is 0 Å². The molecule has 155 valence electrons. The zero-order chi connectivity index (χ0) is 19.4. The number of hydrogen-bond acceptors (Lipinski definition) is 6. The van der Waals surface area contributed by atoms with Gasteiger partial charge in [0, 0.05) is 79.7 Å². The van der Waals surface area contributed by atoms with Crippen LogP contribution in [0.2, 0.25) is 0 Å². The van der Waals surface area contributed by atoms with Crippen molar-refractivity contribution in [2.24, 2.45) is 4.99 Å². The first-order valence-electron chi connectivity index (χ1n) is 9.18. The van der Waals surface area contributed by atoms with E-state index in [1.807, 2.05) is 14.1 Å². The van der Waals surface area contributed by atoms with Crippen molar-refractivity contribution in [2.45, 2.75) is 11.6 Å². The van der Waals surface area contributed by atoms with Crippen LogP contribution in [0.1, 0.15) is 12.5 Å². The summed E-state index contributed by atoms with van der Waals surface area (Å²) in [6.07, 6.45) is 0. The summed E-state index contributed by atoms with van der Waals surface area (Å²) >= 11 is 10.4. The van der Waals surface area contributed by atoms with Crippen molar-refractivity contribution in [3.05, 3.63) is 54.1 Å². The molecular weight excluding hydrogens is 569 g/mol. The minimum Gasteiger partial charge on any atom is -0.800 e. The van der Waals surface area contributed by atoms with Gasteiger partial charge in [-0.3, -0.25) is 4.99 Å². The molecule has 1 fully saturated rings. The van der Waals surface area contributed by atoms with Gasteiger partial charge in [-0.2, -0.15) is 0 Å². The molecule has 0 unspecified atom stereocenters. The first-order chi connectivity index (χ1) is 12.9. The van der Waals surface area contributed by atoms with Crippen LogP contribution in [0.5, 0.6) is 0 Å². The number of piperazine rings is 1. The van der Waals surface area contributed by atoms with Crippen molar-refractivity contribution in [3.8, 4) is 0 Å². The van der Waals surface area contributed by atoms with Gasteiger partial charge < -0.3 is 40.0 Å². The van der Waals surface area contributed by atoms with E-state index in [0.29, 0.717) is 0 Å². The van der Waals surface area contributed by atoms with E-state index in [1.165, 1.54) is 11.4 Å². The summed E-state index contributed by atoms with van der Waals surface area (Å²) in [5.41, 5.74) is 5.55. The summed E-state index contributed by atoms with van der Waals surface area (Å²) < 4.78 is -0.194. The van der Waals surface area contributed by atoms with Gasteiger partial charge in [-0.25, -0.2) is 4.71 Å². The molecule has 0 amide bonds. The standard InChI is InChI=1S/C21H28N4S2.Au/c1-16(22-18-6-10-19(11-7-18)23(2)3)17-4-8-20(9-5-17)24-12-14-25(15-13-24)21(26)27;/h4-11,21,26-27H,12-15H2,1-3H3;/p-2. The van der Waals surface area contributed by atoms with Crippen molar-refractivity contribution >= 4 is 48.0 Å². The molecule has 2 aromatic carbocycles. The van der Waals surface area contributed by atoms with Gasteiger partial charge in [0.05, 0.1) is 5.69 Å². The summed E-state index contributed by atoms with van der Waals surface area (Å²) in [5.74, 6) is 0. The Balaban J connectivity index is 0.00000280. The van der Waals surface area contributed by atoms with E-state index >= 15 is 0 Å². The second kappa shape index (κ2) is 10.8. The molecule has 4 nitrogen and oxygen atoms in total. The van der Waals surface area contributed by atoms with Crippen LogP contribution in [0.4, 0.5) is 17.1 Å². The number of rotatable bonds is 5. The summed E-state index contributed by atoms with van der Waals surface area (Å²) in [7, 11) is 4.08. The monoisotopic (exact) mass is 595 g/mol. The third-order valence-corrected chi connectivity index (χ3v) is 5.52. The molecule has 28 heavy (non-hydrogen) atoms. The Hall–Kier alpha value is -0.890. The Bertz CT molecular complexity index is 768. The molecule has 3 rings (SSSR count). The van der Waals surface area contributed by atoms with Crippen LogP contribution in [0.3, 0.4) is 0 Å². The number of anilines is 2. The fraction of sp³-hybridized carbons (Fsp3) is 0.381. The summed E-state index contributed by atoms with van der Waals surface area (Å²) in [6, 6.07) is 16.9. The molecule has 1 aliphatic rings. The first kappa shape index (κ1) is 23.4. The van der Waals surface area contributed by atoms with Crippen LogP contribution >= 0.6 is 0 Å². The van der Waals surface area contributed by atoms with Crippen LogP contribution < -0.4 is 9.80 Å². The number of nitrogens with zero attached hydrogens (tertiary/aromatic N) is 4. The minimum absolute atomic E-state index is 0. The van der Waals surface area contributed by atoms with Crippen LogP contribution in [-0.4, -0.2) is 55.6 Å². The van der Waals surface area contributed by atoms with Crippen molar-refractivity contribution in [1.29, 1.82) is 0 Å². The summed E-state index contributed by atoms with van der Waals surface area (Å²) in [6.45, 7) is 5.86. The molecule has 0 N–H and O–H groups in total. The maximum atomic E-state index is 5.18. The molecule has 0 spiro atoms. The van der Waals surface area contributed by atoms with E-state index in [2.05, 4.69) is 70.2 Å². The van der Waals surface area contributed by atoms with Gasteiger partial charge in [-0.1, -0.05) is 12.1 Å². The number of aliphatic imine (C=N–C) groups is 1. The Morgan fingerprint density at radius 3 is 2.00 bits per heavy atom. The third kappa shape index (κ3) is 6.05. The molecule has 1 radical (unpaired) electrons. The Kier molecular flexibility index (Phi) is 8.99. The van der Waals surface area contributed by atoms with E-state index in [1.54, 1.807) is 0 Å². The quantitative estimate of drug-likeness (QED) is 0.300. The Labute approximate surface area is 195 Å². The van der Waals surface area contributed by atoms with Gasteiger partial charge in [0.15, 0.2) is 0 Å². The van der Waals surface area contributed by atoms with E-state index < -0.39 is 0 Å². The smallest absolute Gasteiger partial charge is 0.0634 e. The van der Waals surface area contributed by atoms with E-state index in [9.17, 15) is 0 Å². The van der Waals surface area contributed by atoms with Gasteiger partial charge >= 0.3 is 0 Å². The van der Waals surface area contributed by atoms with E-state index in [0.717, 1.165) is 43.1 Å². The van der Waals surface area contributed by atoms with Crippen molar-refractivity contribution in [2.75, 3.05) is 50.1 Å². The molecule has 1 saturated heterocycles. The van der Waals surface area contributed by atoms with Crippen LogP contribution in [0.25, 0.3) is 0 Å². The average Bonchev–Trinajstić information content (AvgIpc) is 2.68. The number of benzene rings is 2. The molecule has 7 heteroatoms. The fourth-order valence-electron chi connectivity index (χ4n) is 3.19. The van der Waals surface area contributed by atoms with Crippen LogP contribution in [0.15, 0.2) is 53.5 Å². The van der Waals surface area contributed by atoms with Crippen molar-refractivity contribution in [3.63, 3.8) is 0 Å². The molecule has 0 aliphatic carbocycles. The third-order valence-electron chi connectivity index (χ3n) is 4.93. The van der Waals surface area contributed by atoms with Crippen LogP contribution in [-0.2, 0) is 47.6 Å². The molecule has 0 bridgehead atoms. The maximum Gasteiger partial charge on any atom is 0.0634 e. The zero-order valence-corrected chi connectivity index (χ0v) is 20.2. The van der Waals surface area contributed by atoms with E-state index in [4.69, 9.17) is 30.2 Å². The normalized spacial score (nSPS) is 15.5. The van der Waals surface area contributed by atoms with Gasteiger partial charge in [-0.05, 0) is 48.9 Å². The van der Waals surface area contributed by atoms with Gasteiger partial charge in [0.2, 0.25) is 0 Å². The number of hydrogen-bond donors (Lipinski definition) is 0. The largest absolute Gasteiger partial charge is 0.800 e. The zero-order valence-electron chi connectivity index (χ0n) is 16.4. The first-order valence-corrected chi connectivity index (χ1v) is 10.1. The molecular formula is C21H26AuN4S2-2. The Morgan fingerprint density at radius 1 is 0.929 bits per heavy atom. The second-order valence-corrected chi connectivity index (χ2v) is 8.18. The second-order valence-electron chi connectivity index (χ2n) is 6.98. The predicted molar refractivity (Wildman–Crippen MR) is 121 cm³/mol. The van der Waals surface area contributed by atoms with E-state index in [-0.39, 0.29) is 27.1 Å². The Morgan fingerprint density at radius 2 is 1.50 bits per heavy atom. The van der Waals surface area contributed by atoms with Crippen molar-refractivity contribution < 1.29 is 22.4 Å². The molecule has 2 aromatic rings. The maximum absolute atomic E-state index is 5.18. The summed E-state index contributed by atoms with van der Waals surface area (Å²) in [5, 5.41) is 0. The molecule has 0 aromatic heterocycles. The molecule has 0 saturated carbocycles. The molecule has 0 atom stereocenters.